The summed E-state index contributed by atoms with van der Waals surface area (Å²) in [4.78, 5) is 22.2. The molecule has 0 fully saturated rings. The molecule has 0 saturated heterocycles. The Morgan fingerprint density at radius 2 is 2.22 bits per heavy atom. The monoisotopic (exact) mass is 252 g/mol. The van der Waals surface area contributed by atoms with E-state index >= 15 is 0 Å². The van der Waals surface area contributed by atoms with E-state index in [0.717, 1.165) is 0 Å². The van der Waals surface area contributed by atoms with Gasteiger partial charge in [-0.1, -0.05) is 6.07 Å². The zero-order valence-corrected chi connectivity index (χ0v) is 10.6. The summed E-state index contributed by atoms with van der Waals surface area (Å²) in [6.07, 6.45) is 0. The van der Waals surface area contributed by atoms with E-state index in [0.29, 0.717) is 17.7 Å². The molecule has 6 nitrogen and oxygen atoms in total. The summed E-state index contributed by atoms with van der Waals surface area (Å²) in [6.45, 7) is 3.75. The lowest BCUT2D eigenvalue weighted by molar-refractivity contribution is -0.385. The molecule has 1 aromatic carbocycles. The molecule has 6 heteroatoms. The van der Waals surface area contributed by atoms with Gasteiger partial charge in [-0.2, -0.15) is 0 Å². The van der Waals surface area contributed by atoms with Crippen LogP contribution in [0.3, 0.4) is 0 Å². The summed E-state index contributed by atoms with van der Waals surface area (Å²) in [5.74, 6) is -0.333. The Balaban J connectivity index is 2.93. The van der Waals surface area contributed by atoms with Gasteiger partial charge in [-0.15, -0.1) is 0 Å². The van der Waals surface area contributed by atoms with Crippen molar-refractivity contribution in [3.63, 3.8) is 0 Å². The minimum atomic E-state index is -0.495. The molecular formula is C12H16N2O4. The van der Waals surface area contributed by atoms with E-state index in [2.05, 4.69) is 5.32 Å². The molecule has 0 aromatic heterocycles. The number of benzene rings is 1. The maximum Gasteiger partial charge on any atom is 0.273 e. The van der Waals surface area contributed by atoms with Crippen LogP contribution in [0, 0.1) is 17.0 Å². The van der Waals surface area contributed by atoms with Crippen molar-refractivity contribution in [2.45, 2.75) is 19.9 Å². The van der Waals surface area contributed by atoms with Gasteiger partial charge in [-0.25, -0.2) is 0 Å². The fourth-order valence-electron chi connectivity index (χ4n) is 1.66. The van der Waals surface area contributed by atoms with Gasteiger partial charge < -0.3 is 10.1 Å². The Morgan fingerprint density at radius 3 is 2.78 bits per heavy atom. The molecule has 1 aromatic rings. The maximum atomic E-state index is 11.9. The zero-order chi connectivity index (χ0) is 13.7. The standard InChI is InChI=1S/C12H16N2O4/c1-8(7-18-3)13-12(15)10-5-4-6-11(9(10)2)14(16)17/h4-6,8H,7H2,1-3H3,(H,13,15)/t8-/m1/s1. The molecule has 0 unspecified atom stereocenters. The number of hydrogen-bond acceptors (Lipinski definition) is 4. The molecule has 0 spiro atoms. The minimum absolute atomic E-state index is 0.0537. The van der Waals surface area contributed by atoms with E-state index in [1.54, 1.807) is 27.0 Å². The SMILES string of the molecule is COC[C@@H](C)NC(=O)c1cccc([N+](=O)[O-])c1C. The highest BCUT2D eigenvalue weighted by atomic mass is 16.6. The van der Waals surface area contributed by atoms with Crippen molar-refractivity contribution in [2.24, 2.45) is 0 Å². The van der Waals surface area contributed by atoms with Crippen molar-refractivity contribution in [1.29, 1.82) is 0 Å². The Bertz CT molecular complexity index is 459. The summed E-state index contributed by atoms with van der Waals surface area (Å²) in [5.41, 5.74) is 0.624. The highest BCUT2D eigenvalue weighted by molar-refractivity contribution is 5.96. The smallest absolute Gasteiger partial charge is 0.273 e. The number of methoxy groups -OCH3 is 1. The van der Waals surface area contributed by atoms with E-state index in [4.69, 9.17) is 4.74 Å². The average Bonchev–Trinajstić information content (AvgIpc) is 2.28. The van der Waals surface area contributed by atoms with E-state index in [-0.39, 0.29) is 17.6 Å². The van der Waals surface area contributed by atoms with Crippen molar-refractivity contribution in [3.05, 3.63) is 39.4 Å². The van der Waals surface area contributed by atoms with Crippen LogP contribution in [0.1, 0.15) is 22.8 Å². The quantitative estimate of drug-likeness (QED) is 0.638. The van der Waals surface area contributed by atoms with Gasteiger partial charge in [0.15, 0.2) is 0 Å². The van der Waals surface area contributed by atoms with Crippen molar-refractivity contribution in [2.75, 3.05) is 13.7 Å². The number of ether oxygens (including phenoxy) is 1. The van der Waals surface area contributed by atoms with Crippen LogP contribution < -0.4 is 5.32 Å². The number of rotatable bonds is 5. The fraction of sp³-hybridized carbons (Fsp3) is 0.417. The number of nitro benzene ring substituents is 1. The van der Waals surface area contributed by atoms with Gasteiger partial charge in [0.2, 0.25) is 0 Å². The third-order valence-corrected chi connectivity index (χ3v) is 2.54. The van der Waals surface area contributed by atoms with Gasteiger partial charge in [0.05, 0.1) is 11.5 Å². The third kappa shape index (κ3) is 3.27. The van der Waals surface area contributed by atoms with Crippen LogP contribution in [0.2, 0.25) is 0 Å². The summed E-state index contributed by atoms with van der Waals surface area (Å²) in [6, 6.07) is 4.30. The van der Waals surface area contributed by atoms with Crippen LogP contribution in [-0.4, -0.2) is 30.6 Å². The first-order valence-corrected chi connectivity index (χ1v) is 5.51. The van der Waals surface area contributed by atoms with Crippen molar-refractivity contribution in [1.82, 2.24) is 5.32 Å². The van der Waals surface area contributed by atoms with Crippen LogP contribution in [0.4, 0.5) is 5.69 Å². The highest BCUT2D eigenvalue weighted by Crippen LogP contribution is 2.20. The average molecular weight is 252 g/mol. The molecule has 1 atom stereocenters. The van der Waals surface area contributed by atoms with E-state index in [9.17, 15) is 14.9 Å². The number of nitrogens with one attached hydrogen (secondary N) is 1. The summed E-state index contributed by atoms with van der Waals surface area (Å²) in [7, 11) is 1.54. The number of amides is 1. The summed E-state index contributed by atoms with van der Waals surface area (Å²) < 4.78 is 4.91. The fourth-order valence-corrected chi connectivity index (χ4v) is 1.66. The molecule has 18 heavy (non-hydrogen) atoms. The predicted molar refractivity (Wildman–Crippen MR) is 66.6 cm³/mol. The topological polar surface area (TPSA) is 81.5 Å². The molecule has 98 valence electrons. The Morgan fingerprint density at radius 1 is 1.56 bits per heavy atom. The largest absolute Gasteiger partial charge is 0.383 e. The molecule has 0 aliphatic heterocycles. The van der Waals surface area contributed by atoms with Crippen LogP contribution in [0.15, 0.2) is 18.2 Å². The van der Waals surface area contributed by atoms with E-state index in [1.165, 1.54) is 12.1 Å². The van der Waals surface area contributed by atoms with Gasteiger partial charge in [0.1, 0.15) is 0 Å². The van der Waals surface area contributed by atoms with Crippen molar-refractivity contribution < 1.29 is 14.5 Å². The Hall–Kier alpha value is -1.95. The van der Waals surface area contributed by atoms with Crippen molar-refractivity contribution in [3.8, 4) is 0 Å². The summed E-state index contributed by atoms with van der Waals surface area (Å²) in [5, 5.41) is 13.5. The number of hydrogen-bond donors (Lipinski definition) is 1. The van der Waals surface area contributed by atoms with Crippen molar-refractivity contribution >= 4 is 11.6 Å². The molecule has 0 radical (unpaired) electrons. The molecule has 0 aliphatic carbocycles. The second-order valence-corrected chi connectivity index (χ2v) is 4.04. The predicted octanol–water partition coefficient (Wildman–Crippen LogP) is 1.67. The maximum absolute atomic E-state index is 11.9. The molecule has 1 amide bonds. The zero-order valence-electron chi connectivity index (χ0n) is 10.6. The molecule has 0 aliphatic rings. The third-order valence-electron chi connectivity index (χ3n) is 2.54. The normalized spacial score (nSPS) is 11.9. The van der Waals surface area contributed by atoms with E-state index in [1.807, 2.05) is 0 Å². The van der Waals surface area contributed by atoms with Crippen LogP contribution in [0.5, 0.6) is 0 Å². The molecular weight excluding hydrogens is 236 g/mol. The van der Waals surface area contributed by atoms with Gasteiger partial charge >= 0.3 is 0 Å². The molecule has 1 N–H and O–H groups in total. The Labute approximate surface area is 105 Å². The highest BCUT2D eigenvalue weighted by Gasteiger charge is 2.18. The van der Waals surface area contributed by atoms with Gasteiger partial charge in [-0.05, 0) is 19.9 Å². The number of carbonyl (C=O) groups is 1. The van der Waals surface area contributed by atoms with Gasteiger partial charge in [0.25, 0.3) is 11.6 Å². The van der Waals surface area contributed by atoms with Gasteiger partial charge in [0, 0.05) is 30.3 Å². The first-order valence-electron chi connectivity index (χ1n) is 5.51. The number of nitro groups is 1. The lowest BCUT2D eigenvalue weighted by atomic mass is 10.1. The second kappa shape index (κ2) is 6.11. The van der Waals surface area contributed by atoms with E-state index < -0.39 is 4.92 Å². The lowest BCUT2D eigenvalue weighted by Crippen LogP contribution is -2.36. The van der Waals surface area contributed by atoms with Gasteiger partial charge in [-0.3, -0.25) is 14.9 Å². The number of carbonyl (C=O) groups excluding carboxylic acids is 1. The summed E-state index contributed by atoms with van der Waals surface area (Å²) >= 11 is 0. The van der Waals surface area contributed by atoms with Crippen LogP contribution >= 0.6 is 0 Å². The molecule has 0 bridgehead atoms. The second-order valence-electron chi connectivity index (χ2n) is 4.04. The Kier molecular flexibility index (Phi) is 4.79. The first-order chi connectivity index (χ1) is 8.47. The first kappa shape index (κ1) is 14.1. The molecule has 0 saturated carbocycles. The lowest BCUT2D eigenvalue weighted by Gasteiger charge is -2.13. The molecule has 1 rings (SSSR count). The van der Waals surface area contributed by atoms with Crippen LogP contribution in [0.25, 0.3) is 0 Å². The van der Waals surface area contributed by atoms with Crippen LogP contribution in [-0.2, 0) is 4.74 Å². The molecule has 0 heterocycles. The number of nitrogens with zero attached hydrogens (tertiary/aromatic N) is 1. The minimum Gasteiger partial charge on any atom is -0.383 e.